The molecular weight excluding hydrogens is 346 g/mol. The number of unbranched alkanes of at least 4 members (excludes halogenated alkanes) is 1. The van der Waals surface area contributed by atoms with Gasteiger partial charge in [-0.05, 0) is 56.8 Å². The summed E-state index contributed by atoms with van der Waals surface area (Å²) in [4.78, 5) is 14.5. The molecule has 1 fully saturated rings. The Kier molecular flexibility index (Phi) is 8.10. The number of nitrogens with zero attached hydrogens (tertiary/aromatic N) is 1. The lowest BCUT2D eigenvalue weighted by Crippen LogP contribution is -2.39. The van der Waals surface area contributed by atoms with Crippen LogP contribution in [0.5, 0.6) is 0 Å². The standard InChI is InChI=1S/C25H33NO2/c1-2-28-25(27)23-16-11-19-26(20-23)18-10-9-17-24(21-12-5-3-6-13-21)22-14-7-4-8-15-22/h3-8,12-15,23-24H,2,9-11,16-20H2,1H3. The van der Waals surface area contributed by atoms with Crippen LogP contribution in [0.15, 0.2) is 60.7 Å². The first-order valence-corrected chi connectivity index (χ1v) is 10.8. The Morgan fingerprint density at radius 3 is 2.29 bits per heavy atom. The summed E-state index contributed by atoms with van der Waals surface area (Å²) in [5, 5.41) is 0. The number of esters is 1. The number of hydrogen-bond acceptors (Lipinski definition) is 3. The molecule has 0 N–H and O–H groups in total. The topological polar surface area (TPSA) is 29.5 Å². The fraction of sp³-hybridized carbons (Fsp3) is 0.480. The van der Waals surface area contributed by atoms with Gasteiger partial charge in [0.15, 0.2) is 0 Å². The number of ether oxygens (including phenoxy) is 1. The minimum absolute atomic E-state index is 0.0135. The highest BCUT2D eigenvalue weighted by atomic mass is 16.5. The lowest BCUT2D eigenvalue weighted by Gasteiger charge is -2.31. The van der Waals surface area contributed by atoms with E-state index >= 15 is 0 Å². The SMILES string of the molecule is CCOC(=O)C1CCCN(CCCCC(c2ccccc2)c2ccccc2)C1. The van der Waals surface area contributed by atoms with Crippen molar-refractivity contribution < 1.29 is 9.53 Å². The van der Waals surface area contributed by atoms with E-state index in [-0.39, 0.29) is 11.9 Å². The smallest absolute Gasteiger partial charge is 0.310 e. The minimum atomic E-state index is -0.0135. The fourth-order valence-corrected chi connectivity index (χ4v) is 4.29. The van der Waals surface area contributed by atoms with Gasteiger partial charge in [-0.15, -0.1) is 0 Å². The highest BCUT2D eigenvalue weighted by Gasteiger charge is 2.26. The first-order chi connectivity index (χ1) is 13.8. The van der Waals surface area contributed by atoms with Gasteiger partial charge in [0, 0.05) is 12.5 Å². The van der Waals surface area contributed by atoms with E-state index in [4.69, 9.17) is 4.74 Å². The maximum atomic E-state index is 12.0. The van der Waals surface area contributed by atoms with E-state index in [1.54, 1.807) is 0 Å². The summed E-state index contributed by atoms with van der Waals surface area (Å²) in [5.41, 5.74) is 2.79. The Morgan fingerprint density at radius 2 is 1.68 bits per heavy atom. The molecule has 1 saturated heterocycles. The molecule has 3 heteroatoms. The molecule has 0 aromatic heterocycles. The Bertz CT molecular complexity index is 662. The second-order valence-electron chi connectivity index (χ2n) is 7.76. The summed E-state index contributed by atoms with van der Waals surface area (Å²) in [5.74, 6) is 0.506. The van der Waals surface area contributed by atoms with Crippen LogP contribution in [0.3, 0.4) is 0 Å². The molecule has 0 radical (unpaired) electrons. The van der Waals surface area contributed by atoms with Crippen LogP contribution in [0.1, 0.15) is 56.1 Å². The van der Waals surface area contributed by atoms with Crippen LogP contribution in [0.2, 0.25) is 0 Å². The molecule has 1 aliphatic heterocycles. The Morgan fingerprint density at radius 1 is 1.04 bits per heavy atom. The Balaban J connectivity index is 1.50. The first kappa shape index (κ1) is 20.6. The predicted octanol–water partition coefficient (Wildman–Crippen LogP) is 5.26. The summed E-state index contributed by atoms with van der Waals surface area (Å²) in [6.07, 6.45) is 5.59. The molecule has 28 heavy (non-hydrogen) atoms. The summed E-state index contributed by atoms with van der Waals surface area (Å²) in [6, 6.07) is 21.7. The van der Waals surface area contributed by atoms with Gasteiger partial charge in [0.1, 0.15) is 0 Å². The van der Waals surface area contributed by atoms with Crippen LogP contribution in [0, 0.1) is 5.92 Å². The van der Waals surface area contributed by atoms with Gasteiger partial charge in [0.25, 0.3) is 0 Å². The number of benzene rings is 2. The summed E-state index contributed by atoms with van der Waals surface area (Å²) in [7, 11) is 0. The molecule has 0 amide bonds. The zero-order valence-corrected chi connectivity index (χ0v) is 17.1. The van der Waals surface area contributed by atoms with Crippen LogP contribution in [0.4, 0.5) is 0 Å². The summed E-state index contributed by atoms with van der Waals surface area (Å²) >= 11 is 0. The van der Waals surface area contributed by atoms with Gasteiger partial charge in [-0.1, -0.05) is 67.1 Å². The molecule has 1 aliphatic rings. The van der Waals surface area contributed by atoms with Crippen LogP contribution in [-0.2, 0) is 9.53 Å². The molecule has 0 aliphatic carbocycles. The van der Waals surface area contributed by atoms with Crippen molar-refractivity contribution in [2.24, 2.45) is 5.92 Å². The van der Waals surface area contributed by atoms with Crippen molar-refractivity contribution in [3.8, 4) is 0 Å². The van der Waals surface area contributed by atoms with E-state index in [0.29, 0.717) is 12.5 Å². The van der Waals surface area contributed by atoms with Gasteiger partial charge in [0.2, 0.25) is 0 Å². The van der Waals surface area contributed by atoms with E-state index in [0.717, 1.165) is 38.9 Å². The van der Waals surface area contributed by atoms with E-state index < -0.39 is 0 Å². The van der Waals surface area contributed by atoms with Gasteiger partial charge in [0.05, 0.1) is 12.5 Å². The molecule has 2 aromatic rings. The second kappa shape index (κ2) is 11.0. The van der Waals surface area contributed by atoms with Crippen molar-refractivity contribution in [1.82, 2.24) is 4.90 Å². The average Bonchev–Trinajstić information content (AvgIpc) is 2.75. The van der Waals surface area contributed by atoms with E-state index in [9.17, 15) is 4.79 Å². The Hall–Kier alpha value is -2.13. The highest BCUT2D eigenvalue weighted by Crippen LogP contribution is 2.29. The van der Waals surface area contributed by atoms with E-state index in [1.165, 1.54) is 24.0 Å². The fourth-order valence-electron chi connectivity index (χ4n) is 4.29. The van der Waals surface area contributed by atoms with Gasteiger partial charge in [-0.3, -0.25) is 4.79 Å². The average molecular weight is 380 g/mol. The lowest BCUT2D eigenvalue weighted by atomic mass is 9.87. The van der Waals surface area contributed by atoms with E-state index in [2.05, 4.69) is 65.6 Å². The van der Waals surface area contributed by atoms with Gasteiger partial charge < -0.3 is 9.64 Å². The zero-order chi connectivity index (χ0) is 19.6. The van der Waals surface area contributed by atoms with E-state index in [1.807, 2.05) is 6.92 Å². The van der Waals surface area contributed by atoms with Crippen molar-refractivity contribution in [3.05, 3.63) is 71.8 Å². The molecule has 1 unspecified atom stereocenters. The number of carbonyl (C=O) groups is 1. The molecule has 0 bridgehead atoms. The molecule has 2 aromatic carbocycles. The van der Waals surface area contributed by atoms with Gasteiger partial charge >= 0.3 is 5.97 Å². The largest absolute Gasteiger partial charge is 0.466 e. The normalized spacial score (nSPS) is 17.6. The third-order valence-electron chi connectivity index (χ3n) is 5.75. The number of carbonyl (C=O) groups excluding carboxylic acids is 1. The number of piperidine rings is 1. The number of likely N-dealkylation sites (tertiary alicyclic amines) is 1. The number of rotatable bonds is 9. The molecular formula is C25H33NO2. The van der Waals surface area contributed by atoms with Crippen LogP contribution in [-0.4, -0.2) is 37.1 Å². The summed E-state index contributed by atoms with van der Waals surface area (Å²) in [6.45, 7) is 5.41. The quantitative estimate of drug-likeness (QED) is 0.439. The van der Waals surface area contributed by atoms with Crippen molar-refractivity contribution in [2.45, 2.75) is 44.9 Å². The first-order valence-electron chi connectivity index (χ1n) is 10.8. The predicted molar refractivity (Wildman–Crippen MR) is 114 cm³/mol. The van der Waals surface area contributed by atoms with Crippen LogP contribution < -0.4 is 0 Å². The molecule has 1 heterocycles. The summed E-state index contributed by atoms with van der Waals surface area (Å²) < 4.78 is 5.22. The second-order valence-corrected chi connectivity index (χ2v) is 7.76. The maximum absolute atomic E-state index is 12.0. The third-order valence-corrected chi connectivity index (χ3v) is 5.75. The van der Waals surface area contributed by atoms with Crippen molar-refractivity contribution in [2.75, 3.05) is 26.2 Å². The molecule has 0 saturated carbocycles. The minimum Gasteiger partial charge on any atom is -0.466 e. The number of hydrogen-bond donors (Lipinski definition) is 0. The monoisotopic (exact) mass is 379 g/mol. The van der Waals surface area contributed by atoms with Crippen LogP contribution >= 0.6 is 0 Å². The third kappa shape index (κ3) is 5.93. The molecule has 1 atom stereocenters. The van der Waals surface area contributed by atoms with Crippen molar-refractivity contribution >= 4 is 5.97 Å². The lowest BCUT2D eigenvalue weighted by molar-refractivity contribution is -0.149. The highest BCUT2D eigenvalue weighted by molar-refractivity contribution is 5.72. The molecule has 0 spiro atoms. The maximum Gasteiger partial charge on any atom is 0.310 e. The molecule has 150 valence electrons. The van der Waals surface area contributed by atoms with Gasteiger partial charge in [-0.25, -0.2) is 0 Å². The van der Waals surface area contributed by atoms with Crippen molar-refractivity contribution in [1.29, 1.82) is 0 Å². The molecule has 3 nitrogen and oxygen atoms in total. The Labute approximate surface area is 169 Å². The zero-order valence-electron chi connectivity index (χ0n) is 17.1. The van der Waals surface area contributed by atoms with Crippen molar-refractivity contribution in [3.63, 3.8) is 0 Å². The van der Waals surface area contributed by atoms with Gasteiger partial charge in [-0.2, -0.15) is 0 Å². The molecule has 3 rings (SSSR count). The van der Waals surface area contributed by atoms with Crippen LogP contribution in [0.25, 0.3) is 0 Å².